The van der Waals surface area contributed by atoms with Crippen molar-refractivity contribution >= 4 is 33.3 Å². The van der Waals surface area contributed by atoms with Gasteiger partial charge in [-0.2, -0.15) is 0 Å². The Hall–Kier alpha value is -2.08. The van der Waals surface area contributed by atoms with Crippen LogP contribution in [0.3, 0.4) is 0 Å². The van der Waals surface area contributed by atoms with E-state index in [0.29, 0.717) is 26.2 Å². The first kappa shape index (κ1) is 16.8. The second kappa shape index (κ2) is 7.21. The fourth-order valence-corrected chi connectivity index (χ4v) is 3.28. The Labute approximate surface area is 149 Å². The molecule has 1 N–H and O–H groups in total. The van der Waals surface area contributed by atoms with Crippen LogP contribution in [0.2, 0.25) is 0 Å². The molecule has 24 heavy (non-hydrogen) atoms. The molecule has 0 radical (unpaired) electrons. The van der Waals surface area contributed by atoms with Gasteiger partial charge in [0.2, 0.25) is 0 Å². The summed E-state index contributed by atoms with van der Waals surface area (Å²) in [6.45, 7) is 4.56. The number of aryl methyl sites for hydroxylation is 1. The van der Waals surface area contributed by atoms with Gasteiger partial charge in [-0.05, 0) is 48.9 Å². The number of carbonyl (C=O) groups excluding carboxylic acids is 1. The monoisotopic (exact) mass is 391 g/mol. The quantitative estimate of drug-likeness (QED) is 0.830. The maximum Gasteiger partial charge on any atom is 0.321 e. The Morgan fingerprint density at radius 3 is 2.54 bits per heavy atom. The highest BCUT2D eigenvalue weighted by atomic mass is 79.9. The Morgan fingerprint density at radius 2 is 1.88 bits per heavy atom. The molecule has 0 unspecified atom stereocenters. The molecule has 1 saturated heterocycles. The number of anilines is 2. The molecular formula is C18H19BrFN3O. The van der Waals surface area contributed by atoms with Crippen molar-refractivity contribution in [2.45, 2.75) is 6.92 Å². The molecule has 0 spiro atoms. The van der Waals surface area contributed by atoms with Crippen molar-refractivity contribution in [2.24, 2.45) is 0 Å². The molecule has 126 valence electrons. The summed E-state index contributed by atoms with van der Waals surface area (Å²) in [5, 5.41) is 2.96. The third kappa shape index (κ3) is 3.87. The largest absolute Gasteiger partial charge is 0.368 e. The maximum atomic E-state index is 13.3. The van der Waals surface area contributed by atoms with E-state index in [9.17, 15) is 9.18 Å². The minimum absolute atomic E-state index is 0.0979. The highest BCUT2D eigenvalue weighted by Gasteiger charge is 2.21. The van der Waals surface area contributed by atoms with Gasteiger partial charge in [-0.25, -0.2) is 9.18 Å². The third-order valence-corrected chi connectivity index (χ3v) is 4.66. The average Bonchev–Trinajstić information content (AvgIpc) is 2.57. The molecule has 1 aliphatic rings. The molecule has 1 aliphatic heterocycles. The van der Waals surface area contributed by atoms with E-state index in [-0.39, 0.29) is 11.8 Å². The molecule has 0 saturated carbocycles. The molecule has 2 amide bonds. The molecule has 0 bridgehead atoms. The van der Waals surface area contributed by atoms with Gasteiger partial charge in [0.05, 0.1) is 0 Å². The molecule has 6 heteroatoms. The van der Waals surface area contributed by atoms with E-state index in [1.165, 1.54) is 12.1 Å². The predicted molar refractivity (Wildman–Crippen MR) is 98.1 cm³/mol. The van der Waals surface area contributed by atoms with E-state index in [0.717, 1.165) is 21.4 Å². The van der Waals surface area contributed by atoms with Gasteiger partial charge in [-0.15, -0.1) is 0 Å². The van der Waals surface area contributed by atoms with Gasteiger partial charge in [0.15, 0.2) is 0 Å². The van der Waals surface area contributed by atoms with Crippen LogP contribution in [-0.4, -0.2) is 37.1 Å². The number of piperazine rings is 1. The Morgan fingerprint density at radius 1 is 1.12 bits per heavy atom. The van der Waals surface area contributed by atoms with E-state index in [1.54, 1.807) is 11.0 Å². The number of hydrogen-bond acceptors (Lipinski definition) is 2. The zero-order valence-electron chi connectivity index (χ0n) is 13.4. The average molecular weight is 392 g/mol. The highest BCUT2D eigenvalue weighted by molar-refractivity contribution is 9.10. The first-order valence-electron chi connectivity index (χ1n) is 7.85. The van der Waals surface area contributed by atoms with E-state index in [4.69, 9.17) is 0 Å². The SMILES string of the molecule is Cc1cc(Br)ccc1NC(=O)N1CCN(c2cccc(F)c2)CC1. The lowest BCUT2D eigenvalue weighted by molar-refractivity contribution is 0.208. The summed E-state index contributed by atoms with van der Waals surface area (Å²) >= 11 is 3.42. The number of nitrogens with one attached hydrogen (secondary N) is 1. The van der Waals surface area contributed by atoms with E-state index in [2.05, 4.69) is 26.1 Å². The number of halogens is 2. The fraction of sp³-hybridized carbons (Fsp3) is 0.278. The van der Waals surface area contributed by atoms with Crippen LogP contribution in [0.4, 0.5) is 20.6 Å². The van der Waals surface area contributed by atoms with Crippen LogP contribution in [0.15, 0.2) is 46.9 Å². The summed E-state index contributed by atoms with van der Waals surface area (Å²) in [6.07, 6.45) is 0. The van der Waals surface area contributed by atoms with Crippen LogP contribution in [0.5, 0.6) is 0 Å². The van der Waals surface area contributed by atoms with Crippen LogP contribution in [-0.2, 0) is 0 Å². The summed E-state index contributed by atoms with van der Waals surface area (Å²) in [5.74, 6) is -0.238. The summed E-state index contributed by atoms with van der Waals surface area (Å²) in [7, 11) is 0. The Kier molecular flexibility index (Phi) is 5.04. The van der Waals surface area contributed by atoms with Gasteiger partial charge in [0.1, 0.15) is 5.82 Å². The first-order valence-corrected chi connectivity index (χ1v) is 8.65. The van der Waals surface area contributed by atoms with Gasteiger partial charge in [0.25, 0.3) is 0 Å². The number of nitrogens with zero attached hydrogens (tertiary/aromatic N) is 2. The summed E-state index contributed by atoms with van der Waals surface area (Å²) in [4.78, 5) is 16.3. The van der Waals surface area contributed by atoms with Gasteiger partial charge in [-0.3, -0.25) is 0 Å². The topological polar surface area (TPSA) is 35.6 Å². The van der Waals surface area contributed by atoms with Gasteiger partial charge < -0.3 is 15.1 Å². The van der Waals surface area contributed by atoms with Crippen LogP contribution in [0.25, 0.3) is 0 Å². The lowest BCUT2D eigenvalue weighted by Gasteiger charge is -2.36. The predicted octanol–water partition coefficient (Wildman–Crippen LogP) is 4.25. The zero-order valence-corrected chi connectivity index (χ0v) is 15.0. The molecule has 1 fully saturated rings. The number of rotatable bonds is 2. The van der Waals surface area contributed by atoms with Gasteiger partial charge >= 0.3 is 6.03 Å². The number of benzene rings is 2. The van der Waals surface area contributed by atoms with Crippen molar-refractivity contribution in [1.82, 2.24) is 4.90 Å². The van der Waals surface area contributed by atoms with Crippen LogP contribution < -0.4 is 10.2 Å². The fourth-order valence-electron chi connectivity index (χ4n) is 2.80. The summed E-state index contributed by atoms with van der Waals surface area (Å²) in [6, 6.07) is 12.2. The smallest absolute Gasteiger partial charge is 0.321 e. The van der Waals surface area contributed by atoms with Gasteiger partial charge in [0, 0.05) is 42.0 Å². The molecule has 0 aromatic heterocycles. The molecule has 3 rings (SSSR count). The standard InChI is InChI=1S/C18H19BrFN3O/c1-13-11-14(19)5-6-17(13)21-18(24)23-9-7-22(8-10-23)16-4-2-3-15(20)12-16/h2-6,11-12H,7-10H2,1H3,(H,21,24). The van der Waals surface area contributed by atoms with Crippen molar-refractivity contribution in [1.29, 1.82) is 0 Å². The lowest BCUT2D eigenvalue weighted by atomic mass is 10.2. The lowest BCUT2D eigenvalue weighted by Crippen LogP contribution is -2.50. The summed E-state index contributed by atoms with van der Waals surface area (Å²) < 4.78 is 14.3. The highest BCUT2D eigenvalue weighted by Crippen LogP contribution is 2.21. The molecular weight excluding hydrogens is 373 g/mol. The number of carbonyl (C=O) groups is 1. The number of hydrogen-bond donors (Lipinski definition) is 1. The zero-order chi connectivity index (χ0) is 17.1. The maximum absolute atomic E-state index is 13.3. The van der Waals surface area contributed by atoms with Crippen LogP contribution >= 0.6 is 15.9 Å². The molecule has 1 heterocycles. The minimum Gasteiger partial charge on any atom is -0.368 e. The second-order valence-corrected chi connectivity index (χ2v) is 6.76. The van der Waals surface area contributed by atoms with Crippen LogP contribution in [0.1, 0.15) is 5.56 Å². The molecule has 2 aromatic carbocycles. The Bertz CT molecular complexity index is 745. The van der Waals surface area contributed by atoms with E-state index < -0.39 is 0 Å². The minimum atomic E-state index is -0.238. The number of amides is 2. The van der Waals surface area contributed by atoms with Crippen molar-refractivity contribution in [3.8, 4) is 0 Å². The first-order chi connectivity index (χ1) is 11.5. The van der Waals surface area contributed by atoms with Crippen molar-refractivity contribution < 1.29 is 9.18 Å². The molecule has 0 aliphatic carbocycles. The van der Waals surface area contributed by atoms with E-state index >= 15 is 0 Å². The third-order valence-electron chi connectivity index (χ3n) is 4.17. The van der Waals surface area contributed by atoms with Crippen molar-refractivity contribution in [3.63, 3.8) is 0 Å². The normalized spacial score (nSPS) is 14.6. The van der Waals surface area contributed by atoms with E-state index in [1.807, 2.05) is 31.2 Å². The molecule has 4 nitrogen and oxygen atoms in total. The molecule has 2 aromatic rings. The second-order valence-electron chi connectivity index (χ2n) is 5.84. The Balaban J connectivity index is 1.59. The number of urea groups is 1. The van der Waals surface area contributed by atoms with Crippen molar-refractivity contribution in [2.75, 3.05) is 36.4 Å². The van der Waals surface area contributed by atoms with Crippen LogP contribution in [0, 0.1) is 12.7 Å². The summed E-state index contributed by atoms with van der Waals surface area (Å²) in [5.41, 5.74) is 2.69. The molecule has 0 atom stereocenters. The van der Waals surface area contributed by atoms with Gasteiger partial charge in [-0.1, -0.05) is 22.0 Å². The van der Waals surface area contributed by atoms with Crippen molar-refractivity contribution in [3.05, 3.63) is 58.3 Å².